The van der Waals surface area contributed by atoms with Crippen molar-refractivity contribution in [3.8, 4) is 0 Å². The smallest absolute Gasteiger partial charge is 0.250 e. The van der Waals surface area contributed by atoms with Gasteiger partial charge in [-0.25, -0.2) is 0 Å². The van der Waals surface area contributed by atoms with Crippen LogP contribution in [0.3, 0.4) is 0 Å². The quantitative estimate of drug-likeness (QED) is 0.736. The summed E-state index contributed by atoms with van der Waals surface area (Å²) in [7, 11) is 1.54. The molecule has 0 radical (unpaired) electrons. The summed E-state index contributed by atoms with van der Waals surface area (Å²) in [5.74, 6) is -1.67. The van der Waals surface area contributed by atoms with Crippen LogP contribution < -0.4 is 10.6 Å². The van der Waals surface area contributed by atoms with Gasteiger partial charge in [-0.05, 0) is 37.3 Å². The van der Waals surface area contributed by atoms with Gasteiger partial charge in [-0.15, -0.1) is 0 Å². The summed E-state index contributed by atoms with van der Waals surface area (Å²) in [6, 6.07) is 3.67. The fourth-order valence-electron chi connectivity index (χ4n) is 5.29. The number of aryl methyl sites for hydroxylation is 1. The van der Waals surface area contributed by atoms with Crippen molar-refractivity contribution in [1.82, 2.24) is 10.2 Å². The molecule has 3 amide bonds. The maximum atomic E-state index is 13.4. The molecule has 1 aromatic rings. The van der Waals surface area contributed by atoms with Crippen LogP contribution in [0.4, 0.5) is 5.69 Å². The fraction of sp³-hybridized carbons (Fsp3) is 0.591. The third-order valence-corrected chi connectivity index (χ3v) is 6.76. The van der Waals surface area contributed by atoms with E-state index in [1.165, 1.54) is 4.90 Å². The average Bonchev–Trinajstić information content (AvgIpc) is 3.22. The first-order valence-corrected chi connectivity index (χ1v) is 10.3. The summed E-state index contributed by atoms with van der Waals surface area (Å²) in [6.07, 6.45) is 0.716. The Kier molecular flexibility index (Phi) is 4.78. The van der Waals surface area contributed by atoms with Crippen LogP contribution >= 0.6 is 0 Å². The second kappa shape index (κ2) is 6.92. The van der Waals surface area contributed by atoms with Gasteiger partial charge < -0.3 is 10.1 Å². The van der Waals surface area contributed by atoms with Crippen LogP contribution in [0.1, 0.15) is 37.0 Å². The van der Waals surface area contributed by atoms with Crippen molar-refractivity contribution < 1.29 is 19.1 Å². The number of fused-ring (bicyclic) bond motifs is 4. The molecular formula is C22H29N3O4. The Labute approximate surface area is 171 Å². The Balaban J connectivity index is 1.85. The van der Waals surface area contributed by atoms with Crippen molar-refractivity contribution >= 4 is 23.4 Å². The van der Waals surface area contributed by atoms with Crippen LogP contribution in [-0.2, 0) is 24.7 Å². The molecule has 2 saturated heterocycles. The number of rotatable bonds is 5. The molecule has 0 saturated carbocycles. The molecule has 3 heterocycles. The molecule has 0 aromatic heterocycles. The number of benzene rings is 1. The number of hydrogen-bond acceptors (Lipinski definition) is 5. The zero-order valence-electron chi connectivity index (χ0n) is 17.7. The molecule has 7 nitrogen and oxygen atoms in total. The SMILES string of the molecule is COCCN1C(=O)[C@H]2[C@@H](C1=O)[C@@]1(N[C@@H]2CC(C)C)C(=O)Nc2c1ccc(C)c2C. The molecule has 3 aliphatic rings. The zero-order chi connectivity index (χ0) is 21.1. The summed E-state index contributed by atoms with van der Waals surface area (Å²) in [6.45, 7) is 8.64. The molecule has 1 spiro atoms. The van der Waals surface area contributed by atoms with E-state index in [4.69, 9.17) is 4.74 Å². The van der Waals surface area contributed by atoms with E-state index in [9.17, 15) is 14.4 Å². The number of carbonyl (C=O) groups excluding carboxylic acids is 3. The maximum absolute atomic E-state index is 13.4. The first-order valence-electron chi connectivity index (χ1n) is 10.3. The Bertz CT molecular complexity index is 896. The second-order valence-corrected chi connectivity index (χ2v) is 8.90. The molecule has 4 atom stereocenters. The van der Waals surface area contributed by atoms with E-state index in [2.05, 4.69) is 24.5 Å². The molecular weight excluding hydrogens is 370 g/mol. The van der Waals surface area contributed by atoms with E-state index in [0.717, 1.165) is 22.4 Å². The third-order valence-electron chi connectivity index (χ3n) is 6.76. The van der Waals surface area contributed by atoms with E-state index in [0.29, 0.717) is 12.3 Å². The topological polar surface area (TPSA) is 87.7 Å². The highest BCUT2D eigenvalue weighted by molar-refractivity contribution is 6.15. The lowest BCUT2D eigenvalue weighted by Crippen LogP contribution is -2.53. The Morgan fingerprint density at radius 1 is 1.17 bits per heavy atom. The van der Waals surface area contributed by atoms with Crippen LogP contribution in [0.15, 0.2) is 12.1 Å². The molecule has 7 heteroatoms. The van der Waals surface area contributed by atoms with E-state index in [-0.39, 0.29) is 36.9 Å². The molecule has 1 aromatic carbocycles. The van der Waals surface area contributed by atoms with Crippen molar-refractivity contribution in [2.45, 2.75) is 45.7 Å². The van der Waals surface area contributed by atoms with Crippen LogP contribution in [0.2, 0.25) is 0 Å². The van der Waals surface area contributed by atoms with E-state index in [1.54, 1.807) is 7.11 Å². The number of nitrogens with zero attached hydrogens (tertiary/aromatic N) is 1. The van der Waals surface area contributed by atoms with E-state index >= 15 is 0 Å². The predicted octanol–water partition coefficient (Wildman–Crippen LogP) is 1.72. The van der Waals surface area contributed by atoms with Gasteiger partial charge in [0.2, 0.25) is 17.7 Å². The van der Waals surface area contributed by atoms with Gasteiger partial charge in [0.05, 0.1) is 25.0 Å². The number of likely N-dealkylation sites (tertiary alicyclic amines) is 1. The molecule has 2 N–H and O–H groups in total. The zero-order valence-corrected chi connectivity index (χ0v) is 17.7. The lowest BCUT2D eigenvalue weighted by molar-refractivity contribution is -0.143. The van der Waals surface area contributed by atoms with Crippen LogP contribution in [0.25, 0.3) is 0 Å². The van der Waals surface area contributed by atoms with E-state index < -0.39 is 17.4 Å². The number of ether oxygens (including phenoxy) is 1. The lowest BCUT2D eigenvalue weighted by atomic mass is 9.75. The number of carbonyl (C=O) groups is 3. The number of nitrogens with one attached hydrogen (secondary N) is 2. The van der Waals surface area contributed by atoms with Gasteiger partial charge in [0.25, 0.3) is 0 Å². The minimum absolute atomic E-state index is 0.197. The average molecular weight is 399 g/mol. The number of hydrogen-bond donors (Lipinski definition) is 2. The van der Waals surface area contributed by atoms with Crippen molar-refractivity contribution in [2.75, 3.05) is 25.6 Å². The highest BCUT2D eigenvalue weighted by Gasteiger charge is 2.70. The highest BCUT2D eigenvalue weighted by atomic mass is 16.5. The summed E-state index contributed by atoms with van der Waals surface area (Å²) < 4.78 is 5.10. The Hall–Kier alpha value is -2.25. The number of imide groups is 1. The summed E-state index contributed by atoms with van der Waals surface area (Å²) in [5, 5.41) is 6.49. The molecule has 156 valence electrons. The van der Waals surface area contributed by atoms with Crippen molar-refractivity contribution in [3.63, 3.8) is 0 Å². The maximum Gasteiger partial charge on any atom is 0.250 e. The summed E-state index contributed by atoms with van der Waals surface area (Å²) in [5.41, 5.74) is 2.41. The first kappa shape index (κ1) is 20.0. The van der Waals surface area contributed by atoms with Gasteiger partial charge in [-0.2, -0.15) is 0 Å². The normalized spacial score (nSPS) is 30.5. The van der Waals surface area contributed by atoms with Gasteiger partial charge in [0.1, 0.15) is 5.54 Å². The van der Waals surface area contributed by atoms with Crippen LogP contribution in [0, 0.1) is 31.6 Å². The fourth-order valence-corrected chi connectivity index (χ4v) is 5.29. The lowest BCUT2D eigenvalue weighted by Gasteiger charge is -2.30. The number of anilines is 1. The van der Waals surface area contributed by atoms with Crippen molar-refractivity contribution in [1.29, 1.82) is 0 Å². The highest BCUT2D eigenvalue weighted by Crippen LogP contribution is 2.54. The standard InChI is InChI=1S/C22H29N3O4/c1-11(2)10-15-16-17(20(27)25(19(16)26)8-9-29-5)22(24-15)14-7-6-12(3)13(4)18(14)23-21(22)28/h6-7,11,15-17,24H,8-10H2,1-5H3,(H,23,28)/t15-,16-,17+,22-/m1/s1. The van der Waals surface area contributed by atoms with Crippen LogP contribution in [-0.4, -0.2) is 48.9 Å². The predicted molar refractivity (Wildman–Crippen MR) is 108 cm³/mol. The van der Waals surface area contributed by atoms with Gasteiger partial charge in [-0.1, -0.05) is 26.0 Å². The van der Waals surface area contributed by atoms with Crippen LogP contribution in [0.5, 0.6) is 0 Å². The van der Waals surface area contributed by atoms with Gasteiger partial charge in [-0.3, -0.25) is 24.6 Å². The summed E-state index contributed by atoms with van der Waals surface area (Å²) in [4.78, 5) is 41.4. The number of methoxy groups -OCH3 is 1. The largest absolute Gasteiger partial charge is 0.383 e. The van der Waals surface area contributed by atoms with Gasteiger partial charge in [0, 0.05) is 24.4 Å². The van der Waals surface area contributed by atoms with Crippen molar-refractivity contribution in [2.24, 2.45) is 17.8 Å². The Morgan fingerprint density at radius 2 is 1.90 bits per heavy atom. The monoisotopic (exact) mass is 399 g/mol. The molecule has 0 aliphatic carbocycles. The van der Waals surface area contributed by atoms with Gasteiger partial charge in [0.15, 0.2) is 0 Å². The van der Waals surface area contributed by atoms with Crippen molar-refractivity contribution in [3.05, 3.63) is 28.8 Å². The summed E-state index contributed by atoms with van der Waals surface area (Å²) >= 11 is 0. The molecule has 2 fully saturated rings. The number of amides is 3. The molecule has 3 aliphatic heterocycles. The minimum atomic E-state index is -1.20. The molecule has 0 unspecified atom stereocenters. The first-order chi connectivity index (χ1) is 13.7. The minimum Gasteiger partial charge on any atom is -0.383 e. The van der Waals surface area contributed by atoms with E-state index in [1.807, 2.05) is 26.0 Å². The molecule has 0 bridgehead atoms. The second-order valence-electron chi connectivity index (χ2n) is 8.90. The third kappa shape index (κ3) is 2.67. The molecule has 4 rings (SSSR count). The molecule has 29 heavy (non-hydrogen) atoms. The van der Waals surface area contributed by atoms with Gasteiger partial charge >= 0.3 is 0 Å². The Morgan fingerprint density at radius 3 is 2.55 bits per heavy atom.